The molecule has 10 heavy (non-hydrogen) atoms. The summed E-state index contributed by atoms with van der Waals surface area (Å²) in [6.45, 7) is 1.83. The topological polar surface area (TPSA) is 55.1 Å². The van der Waals surface area contributed by atoms with Crippen LogP contribution in [0.1, 0.15) is 12.7 Å². The molecule has 0 fully saturated rings. The summed E-state index contributed by atoms with van der Waals surface area (Å²) in [5, 5.41) is 5.90. The molecule has 1 N–H and O–H groups in total. The molecule has 0 atom stereocenters. The van der Waals surface area contributed by atoms with E-state index in [4.69, 9.17) is 0 Å². The van der Waals surface area contributed by atoms with Gasteiger partial charge in [0.2, 0.25) is 5.91 Å². The molecule has 1 radical (unpaired) electrons. The summed E-state index contributed by atoms with van der Waals surface area (Å²) in [6.07, 6.45) is 2.49. The highest BCUT2D eigenvalue weighted by Crippen LogP contribution is 1.93. The number of hydrogen-bond acceptors (Lipinski definition) is 3. The molecule has 1 rings (SSSR count). The molecule has 1 heterocycles. The van der Waals surface area contributed by atoms with Gasteiger partial charge in [-0.3, -0.25) is 4.79 Å². The summed E-state index contributed by atoms with van der Waals surface area (Å²) in [5.41, 5.74) is 0. The van der Waals surface area contributed by atoms with E-state index in [9.17, 15) is 4.79 Å². The van der Waals surface area contributed by atoms with Crippen molar-refractivity contribution in [2.45, 2.75) is 13.5 Å². The van der Waals surface area contributed by atoms with Crippen LogP contribution in [0, 0.1) is 6.20 Å². The maximum absolute atomic E-state index is 10.4. The molecule has 0 aliphatic carbocycles. The highest BCUT2D eigenvalue weighted by molar-refractivity contribution is 5.72. The van der Waals surface area contributed by atoms with E-state index in [0.717, 1.165) is 0 Å². The Hall–Kier alpha value is -1.32. The minimum atomic E-state index is -0.0867. The van der Waals surface area contributed by atoms with E-state index < -0.39 is 0 Å². The van der Waals surface area contributed by atoms with Gasteiger partial charge in [0.15, 0.2) is 5.76 Å². The molecule has 0 spiro atoms. The predicted molar refractivity (Wildman–Crippen MR) is 32.9 cm³/mol. The van der Waals surface area contributed by atoms with Crippen LogP contribution in [0.3, 0.4) is 0 Å². The number of rotatable bonds is 2. The molecule has 1 amide bonds. The highest BCUT2D eigenvalue weighted by Gasteiger charge is 1.96. The normalized spacial score (nSPS) is 9.30. The Morgan fingerprint density at radius 1 is 2.00 bits per heavy atom. The molecule has 0 unspecified atom stereocenters. The van der Waals surface area contributed by atoms with Gasteiger partial charge in [-0.1, -0.05) is 5.16 Å². The quantitative estimate of drug-likeness (QED) is 0.632. The molecule has 0 aliphatic rings. The predicted octanol–water partition coefficient (Wildman–Crippen LogP) is 0.111. The zero-order valence-electron chi connectivity index (χ0n) is 5.55. The van der Waals surface area contributed by atoms with Crippen molar-refractivity contribution in [3.8, 4) is 0 Å². The Kier molecular flexibility index (Phi) is 2.04. The van der Waals surface area contributed by atoms with Crippen molar-refractivity contribution < 1.29 is 9.32 Å². The molecule has 1 aromatic rings. The average Bonchev–Trinajstić information content (AvgIpc) is 2.34. The van der Waals surface area contributed by atoms with E-state index in [1.807, 2.05) is 0 Å². The van der Waals surface area contributed by atoms with E-state index in [1.54, 1.807) is 6.07 Å². The number of carbonyl (C=O) groups is 1. The van der Waals surface area contributed by atoms with Crippen molar-refractivity contribution in [1.82, 2.24) is 10.5 Å². The van der Waals surface area contributed by atoms with Crippen LogP contribution in [0.2, 0.25) is 0 Å². The lowest BCUT2D eigenvalue weighted by molar-refractivity contribution is -0.119. The van der Waals surface area contributed by atoms with Gasteiger partial charge >= 0.3 is 0 Å². The maximum atomic E-state index is 10.4. The van der Waals surface area contributed by atoms with Gasteiger partial charge in [-0.25, -0.2) is 0 Å². The second kappa shape index (κ2) is 3.00. The zero-order chi connectivity index (χ0) is 7.40. The molecule has 0 bridgehead atoms. The first kappa shape index (κ1) is 6.80. The SMILES string of the molecule is CC(=O)NCc1c[c]no1. The summed E-state index contributed by atoms with van der Waals surface area (Å²) in [5.74, 6) is 0.520. The zero-order valence-corrected chi connectivity index (χ0v) is 5.55. The fourth-order valence-corrected chi connectivity index (χ4v) is 0.505. The standard InChI is InChI=1S/C6H7N2O2/c1-5(9)7-4-6-2-3-8-10-6/h2H,4H2,1H3,(H,7,9). The molecule has 53 valence electrons. The van der Waals surface area contributed by atoms with Crippen molar-refractivity contribution in [1.29, 1.82) is 0 Å². The number of nitrogens with zero attached hydrogens (tertiary/aromatic N) is 1. The van der Waals surface area contributed by atoms with Crippen LogP contribution in [0.4, 0.5) is 0 Å². The highest BCUT2D eigenvalue weighted by atomic mass is 16.5. The van der Waals surface area contributed by atoms with Crippen LogP contribution in [0.15, 0.2) is 10.6 Å². The fourth-order valence-electron chi connectivity index (χ4n) is 0.505. The smallest absolute Gasteiger partial charge is 0.217 e. The van der Waals surface area contributed by atoms with Gasteiger partial charge in [-0.15, -0.1) is 0 Å². The first-order valence-corrected chi connectivity index (χ1v) is 2.85. The third-order valence-electron chi connectivity index (χ3n) is 0.953. The lowest BCUT2D eigenvalue weighted by atomic mass is 10.4. The number of hydrogen-bond donors (Lipinski definition) is 1. The van der Waals surface area contributed by atoms with Crippen molar-refractivity contribution in [3.05, 3.63) is 18.0 Å². The van der Waals surface area contributed by atoms with Crippen molar-refractivity contribution in [3.63, 3.8) is 0 Å². The summed E-state index contributed by atoms with van der Waals surface area (Å²) < 4.78 is 4.66. The van der Waals surface area contributed by atoms with Gasteiger partial charge in [0, 0.05) is 13.0 Å². The summed E-state index contributed by atoms with van der Waals surface area (Å²) in [6, 6.07) is 1.58. The summed E-state index contributed by atoms with van der Waals surface area (Å²) in [7, 11) is 0. The third kappa shape index (κ3) is 1.89. The van der Waals surface area contributed by atoms with E-state index in [1.165, 1.54) is 6.92 Å². The second-order valence-corrected chi connectivity index (χ2v) is 1.83. The van der Waals surface area contributed by atoms with Crippen LogP contribution >= 0.6 is 0 Å². The molecular weight excluding hydrogens is 132 g/mol. The Labute approximate surface area is 58.2 Å². The first-order chi connectivity index (χ1) is 4.79. The summed E-state index contributed by atoms with van der Waals surface area (Å²) in [4.78, 5) is 10.4. The molecular formula is C6H7N2O2. The van der Waals surface area contributed by atoms with Gasteiger partial charge in [-0.2, -0.15) is 0 Å². The van der Waals surface area contributed by atoms with Gasteiger partial charge in [0.1, 0.15) is 6.20 Å². The number of aromatic nitrogens is 1. The van der Waals surface area contributed by atoms with Crippen LogP contribution in [-0.4, -0.2) is 11.1 Å². The minimum absolute atomic E-state index is 0.0867. The van der Waals surface area contributed by atoms with Crippen LogP contribution in [0.5, 0.6) is 0 Å². The molecule has 0 aliphatic heterocycles. The number of carbonyl (C=O) groups excluding carboxylic acids is 1. The lowest BCUT2D eigenvalue weighted by Gasteiger charge is -1.94. The first-order valence-electron chi connectivity index (χ1n) is 2.85. The van der Waals surface area contributed by atoms with E-state index in [2.05, 4.69) is 21.2 Å². The van der Waals surface area contributed by atoms with Crippen molar-refractivity contribution >= 4 is 5.91 Å². The van der Waals surface area contributed by atoms with Gasteiger partial charge in [0.05, 0.1) is 6.54 Å². The number of nitrogens with one attached hydrogen (secondary N) is 1. The summed E-state index contributed by atoms with van der Waals surface area (Å²) >= 11 is 0. The third-order valence-corrected chi connectivity index (χ3v) is 0.953. The molecule has 4 nitrogen and oxygen atoms in total. The van der Waals surface area contributed by atoms with Crippen molar-refractivity contribution in [2.75, 3.05) is 0 Å². The Bertz CT molecular complexity index is 206. The van der Waals surface area contributed by atoms with Crippen LogP contribution < -0.4 is 5.32 Å². The van der Waals surface area contributed by atoms with Crippen molar-refractivity contribution in [2.24, 2.45) is 0 Å². The van der Waals surface area contributed by atoms with E-state index >= 15 is 0 Å². The van der Waals surface area contributed by atoms with Gasteiger partial charge in [0.25, 0.3) is 0 Å². The van der Waals surface area contributed by atoms with Crippen LogP contribution in [-0.2, 0) is 11.3 Å². The van der Waals surface area contributed by atoms with Crippen LogP contribution in [0.25, 0.3) is 0 Å². The number of amides is 1. The Balaban J connectivity index is 2.35. The van der Waals surface area contributed by atoms with E-state index in [0.29, 0.717) is 12.3 Å². The maximum Gasteiger partial charge on any atom is 0.217 e. The average molecular weight is 139 g/mol. The largest absolute Gasteiger partial charge is 0.359 e. The Morgan fingerprint density at radius 3 is 3.30 bits per heavy atom. The second-order valence-electron chi connectivity index (χ2n) is 1.83. The molecule has 0 aromatic carbocycles. The van der Waals surface area contributed by atoms with E-state index in [-0.39, 0.29) is 5.91 Å². The molecule has 0 saturated carbocycles. The lowest BCUT2D eigenvalue weighted by Crippen LogP contribution is -2.18. The molecule has 1 aromatic heterocycles. The fraction of sp³-hybridized carbons (Fsp3) is 0.333. The molecule has 4 heteroatoms. The van der Waals surface area contributed by atoms with Gasteiger partial charge in [-0.05, 0) is 0 Å². The minimum Gasteiger partial charge on any atom is -0.359 e. The molecule has 0 saturated heterocycles. The Morgan fingerprint density at radius 2 is 2.80 bits per heavy atom. The van der Waals surface area contributed by atoms with Gasteiger partial charge < -0.3 is 9.84 Å². The monoisotopic (exact) mass is 139 g/mol.